The molecule has 0 radical (unpaired) electrons. The Morgan fingerprint density at radius 1 is 0.579 bits per heavy atom. The zero-order chi connectivity index (χ0) is 13.5. The lowest BCUT2D eigenvalue weighted by molar-refractivity contribution is 1.20. The van der Waals surface area contributed by atoms with Crippen molar-refractivity contribution >= 4 is 10.8 Å². The van der Waals surface area contributed by atoms with Gasteiger partial charge in [0, 0.05) is 0 Å². The van der Waals surface area contributed by atoms with Crippen molar-refractivity contribution in [3.05, 3.63) is 97.1 Å². The van der Waals surface area contributed by atoms with Gasteiger partial charge in [-0.1, -0.05) is 72.8 Å². The summed E-state index contributed by atoms with van der Waals surface area (Å²) in [7, 11) is 0. The van der Waals surface area contributed by atoms with Gasteiger partial charge in [0.15, 0.2) is 0 Å². The van der Waals surface area contributed by atoms with Crippen LogP contribution < -0.4 is 0 Å². The van der Waals surface area contributed by atoms with Crippen molar-refractivity contribution in [3.8, 4) is 0 Å². The topological polar surface area (TPSA) is 0 Å². The molecule has 0 heteroatoms. The maximum Gasteiger partial charge on any atom is -0.00256 e. The van der Waals surface area contributed by atoms with E-state index in [9.17, 15) is 0 Å². The third-order valence-corrected chi connectivity index (χ3v) is 3.06. The Balaban J connectivity index is 0.000000637. The van der Waals surface area contributed by atoms with Crippen molar-refractivity contribution in [2.45, 2.75) is 6.42 Å². The molecule has 0 aliphatic carbocycles. The van der Waals surface area contributed by atoms with Crippen LogP contribution in [0.5, 0.6) is 0 Å². The molecule has 0 saturated carbocycles. The van der Waals surface area contributed by atoms with E-state index in [0.717, 1.165) is 6.42 Å². The first kappa shape index (κ1) is 13.1. The molecule has 0 N–H and O–H groups in total. The molecule has 3 aromatic rings. The zero-order valence-corrected chi connectivity index (χ0v) is 11.0. The van der Waals surface area contributed by atoms with Crippen LogP contribution >= 0.6 is 0 Å². The highest BCUT2D eigenvalue weighted by molar-refractivity contribution is 5.83. The highest BCUT2D eigenvalue weighted by Gasteiger charge is 1.97. The van der Waals surface area contributed by atoms with Crippen LogP contribution in [0.15, 0.2) is 86.0 Å². The summed E-state index contributed by atoms with van der Waals surface area (Å²) in [6.45, 7) is 6.00. The summed E-state index contributed by atoms with van der Waals surface area (Å²) in [4.78, 5) is 0. The summed E-state index contributed by atoms with van der Waals surface area (Å²) in [6, 6.07) is 25.8. The molecule has 0 spiro atoms. The maximum absolute atomic E-state index is 3.00. The Morgan fingerprint density at radius 2 is 1.21 bits per heavy atom. The number of fused-ring (bicyclic) bond motifs is 1. The van der Waals surface area contributed by atoms with Crippen LogP contribution in [0.2, 0.25) is 0 Å². The van der Waals surface area contributed by atoms with Crippen LogP contribution in [0, 0.1) is 0 Å². The molecule has 0 heterocycles. The fourth-order valence-corrected chi connectivity index (χ4v) is 2.18. The van der Waals surface area contributed by atoms with Crippen LogP contribution in [0.3, 0.4) is 0 Å². The molecule has 0 aromatic heterocycles. The molecule has 0 nitrogen and oxygen atoms in total. The van der Waals surface area contributed by atoms with Gasteiger partial charge in [-0.05, 0) is 28.3 Å². The van der Waals surface area contributed by atoms with Gasteiger partial charge in [-0.15, -0.1) is 13.2 Å². The van der Waals surface area contributed by atoms with Crippen LogP contribution in [0.4, 0.5) is 0 Å². The van der Waals surface area contributed by atoms with Gasteiger partial charge in [0.05, 0.1) is 0 Å². The van der Waals surface area contributed by atoms with Crippen molar-refractivity contribution in [2.24, 2.45) is 0 Å². The maximum atomic E-state index is 3.00. The molecule has 3 rings (SSSR count). The van der Waals surface area contributed by atoms with E-state index in [4.69, 9.17) is 0 Å². The molecule has 0 atom stereocenters. The molecule has 0 fully saturated rings. The van der Waals surface area contributed by atoms with Gasteiger partial charge in [0.1, 0.15) is 0 Å². The second-order valence-electron chi connectivity index (χ2n) is 4.34. The van der Waals surface area contributed by atoms with Crippen LogP contribution in [0.25, 0.3) is 10.8 Å². The lowest BCUT2D eigenvalue weighted by Crippen LogP contribution is -1.87. The fourth-order valence-electron chi connectivity index (χ4n) is 2.18. The van der Waals surface area contributed by atoms with Gasteiger partial charge in [0.2, 0.25) is 0 Å². The number of hydrogen-bond acceptors (Lipinski definition) is 0. The smallest absolute Gasteiger partial charge is 0.00256 e. The third-order valence-electron chi connectivity index (χ3n) is 3.06. The summed E-state index contributed by atoms with van der Waals surface area (Å²) in [5.74, 6) is 0. The minimum Gasteiger partial charge on any atom is -0.106 e. The molecule has 0 aliphatic rings. The molecule has 0 saturated heterocycles. The van der Waals surface area contributed by atoms with Crippen molar-refractivity contribution < 1.29 is 0 Å². The van der Waals surface area contributed by atoms with E-state index in [2.05, 4.69) is 86.0 Å². The summed E-state index contributed by atoms with van der Waals surface area (Å²) < 4.78 is 0. The van der Waals surface area contributed by atoms with Crippen molar-refractivity contribution in [3.63, 3.8) is 0 Å². The van der Waals surface area contributed by atoms with Crippen molar-refractivity contribution in [1.82, 2.24) is 0 Å². The first-order chi connectivity index (χ1) is 9.42. The Bertz CT molecular complexity index is 638. The molecule has 94 valence electrons. The van der Waals surface area contributed by atoms with E-state index in [1.807, 2.05) is 0 Å². The van der Waals surface area contributed by atoms with E-state index in [0.29, 0.717) is 0 Å². The highest BCUT2D eigenvalue weighted by atomic mass is 14.0. The monoisotopic (exact) mass is 246 g/mol. The first-order valence-electron chi connectivity index (χ1n) is 6.43. The fraction of sp³-hybridized carbons (Fsp3) is 0.0526. The van der Waals surface area contributed by atoms with E-state index >= 15 is 0 Å². The summed E-state index contributed by atoms with van der Waals surface area (Å²) in [5, 5.41) is 2.63. The van der Waals surface area contributed by atoms with Gasteiger partial charge in [0.25, 0.3) is 0 Å². The predicted octanol–water partition coefficient (Wildman–Crippen LogP) is 5.23. The van der Waals surface area contributed by atoms with E-state index in [1.165, 1.54) is 21.9 Å². The minimum absolute atomic E-state index is 1.01. The molecule has 0 amide bonds. The van der Waals surface area contributed by atoms with E-state index in [1.54, 1.807) is 0 Å². The Hall–Kier alpha value is -2.34. The number of benzene rings is 3. The second kappa shape index (κ2) is 6.55. The molecule has 0 bridgehead atoms. The molecule has 3 aromatic carbocycles. The highest BCUT2D eigenvalue weighted by Crippen LogP contribution is 2.17. The van der Waals surface area contributed by atoms with Crippen LogP contribution in [-0.2, 0) is 6.42 Å². The van der Waals surface area contributed by atoms with Gasteiger partial charge in [-0.25, -0.2) is 0 Å². The van der Waals surface area contributed by atoms with Crippen LogP contribution in [0.1, 0.15) is 11.1 Å². The van der Waals surface area contributed by atoms with Gasteiger partial charge in [-0.2, -0.15) is 0 Å². The third kappa shape index (κ3) is 3.32. The number of hydrogen-bond donors (Lipinski definition) is 0. The first-order valence-corrected chi connectivity index (χ1v) is 6.43. The van der Waals surface area contributed by atoms with Gasteiger partial charge < -0.3 is 0 Å². The largest absolute Gasteiger partial charge is 0.106 e. The predicted molar refractivity (Wildman–Crippen MR) is 84.5 cm³/mol. The normalized spacial score (nSPS) is 9.68. The average molecular weight is 246 g/mol. The minimum atomic E-state index is 1.01. The molecular weight excluding hydrogens is 228 g/mol. The van der Waals surface area contributed by atoms with Gasteiger partial charge in [-0.3, -0.25) is 0 Å². The van der Waals surface area contributed by atoms with Gasteiger partial charge >= 0.3 is 0 Å². The summed E-state index contributed by atoms with van der Waals surface area (Å²) >= 11 is 0. The summed E-state index contributed by atoms with van der Waals surface area (Å²) in [6.07, 6.45) is 1.01. The number of rotatable bonds is 2. The Labute approximate surface area is 115 Å². The van der Waals surface area contributed by atoms with Crippen LogP contribution in [-0.4, -0.2) is 0 Å². The Kier molecular flexibility index (Phi) is 4.52. The standard InChI is InChI=1S/C17H14.C2H4/c1-2-6-14(7-3-1)12-15-10-11-16-8-4-5-9-17(16)13-15;1-2/h1-11,13H,12H2;1-2H2. The van der Waals surface area contributed by atoms with Crippen molar-refractivity contribution in [1.29, 1.82) is 0 Å². The average Bonchev–Trinajstić information content (AvgIpc) is 2.50. The SMILES string of the molecule is C=C.c1ccc(Cc2ccc3ccccc3c2)cc1. The molecule has 19 heavy (non-hydrogen) atoms. The quantitative estimate of drug-likeness (QED) is 0.543. The van der Waals surface area contributed by atoms with Crippen molar-refractivity contribution in [2.75, 3.05) is 0 Å². The molecular formula is C19H18. The lowest BCUT2D eigenvalue weighted by atomic mass is 10.0. The molecule has 0 unspecified atom stereocenters. The van der Waals surface area contributed by atoms with E-state index in [-0.39, 0.29) is 0 Å². The lowest BCUT2D eigenvalue weighted by Gasteiger charge is -2.04. The van der Waals surface area contributed by atoms with E-state index < -0.39 is 0 Å². The molecule has 0 aliphatic heterocycles. The summed E-state index contributed by atoms with van der Waals surface area (Å²) in [5.41, 5.74) is 2.73. The zero-order valence-electron chi connectivity index (χ0n) is 11.0. The second-order valence-corrected chi connectivity index (χ2v) is 4.34. The Morgan fingerprint density at radius 3 is 1.95 bits per heavy atom.